The van der Waals surface area contributed by atoms with E-state index in [0.717, 1.165) is 17.8 Å². The largest absolute Gasteiger partial charge is 0.311 e. The van der Waals surface area contributed by atoms with Crippen LogP contribution in [0.5, 0.6) is 0 Å². The highest BCUT2D eigenvalue weighted by molar-refractivity contribution is 5.47. The molecule has 0 atom stereocenters. The fraction of sp³-hybridized carbons (Fsp3) is 0.417. The molecule has 0 fully saturated rings. The monoisotopic (exact) mass is 190 g/mol. The van der Waals surface area contributed by atoms with Gasteiger partial charge >= 0.3 is 0 Å². The third-order valence-electron chi connectivity index (χ3n) is 1.89. The Morgan fingerprint density at radius 2 is 2.21 bits per heavy atom. The summed E-state index contributed by atoms with van der Waals surface area (Å²) in [6.07, 6.45) is 6.09. The SMILES string of the molecule is Cc1ccc(/C=C/CNC(C)C)cn1. The number of nitrogens with one attached hydrogen (secondary N) is 1. The third-order valence-corrected chi connectivity index (χ3v) is 1.89. The molecule has 0 aromatic carbocycles. The number of nitrogens with zero attached hydrogens (tertiary/aromatic N) is 1. The fourth-order valence-corrected chi connectivity index (χ4v) is 1.08. The second-order valence-corrected chi connectivity index (χ2v) is 3.70. The van der Waals surface area contributed by atoms with Crippen LogP contribution >= 0.6 is 0 Å². The van der Waals surface area contributed by atoms with Crippen LogP contribution in [0.1, 0.15) is 25.1 Å². The van der Waals surface area contributed by atoms with Crippen molar-refractivity contribution in [3.05, 3.63) is 35.7 Å². The van der Waals surface area contributed by atoms with Gasteiger partial charge in [-0.25, -0.2) is 0 Å². The molecule has 0 aliphatic rings. The van der Waals surface area contributed by atoms with E-state index >= 15 is 0 Å². The van der Waals surface area contributed by atoms with Gasteiger partial charge in [0.05, 0.1) is 0 Å². The lowest BCUT2D eigenvalue weighted by molar-refractivity contribution is 0.633. The molecule has 1 aromatic rings. The maximum absolute atomic E-state index is 4.22. The summed E-state index contributed by atoms with van der Waals surface area (Å²) in [7, 11) is 0. The highest BCUT2D eigenvalue weighted by Gasteiger charge is 1.88. The van der Waals surface area contributed by atoms with E-state index in [4.69, 9.17) is 0 Å². The van der Waals surface area contributed by atoms with Crippen molar-refractivity contribution in [1.82, 2.24) is 10.3 Å². The van der Waals surface area contributed by atoms with Gasteiger partial charge in [-0.05, 0) is 18.6 Å². The maximum atomic E-state index is 4.22. The Hall–Kier alpha value is -1.15. The Morgan fingerprint density at radius 1 is 1.43 bits per heavy atom. The van der Waals surface area contributed by atoms with Gasteiger partial charge in [0.2, 0.25) is 0 Å². The normalized spacial score (nSPS) is 11.4. The van der Waals surface area contributed by atoms with Gasteiger partial charge in [-0.3, -0.25) is 4.98 Å². The van der Waals surface area contributed by atoms with Crippen LogP contribution < -0.4 is 5.32 Å². The smallest absolute Gasteiger partial charge is 0.0373 e. The van der Waals surface area contributed by atoms with Gasteiger partial charge in [0.15, 0.2) is 0 Å². The van der Waals surface area contributed by atoms with Gasteiger partial charge in [0.1, 0.15) is 0 Å². The molecular formula is C12H18N2. The molecule has 0 unspecified atom stereocenters. The number of pyridine rings is 1. The number of rotatable bonds is 4. The van der Waals surface area contributed by atoms with Crippen LogP contribution in [-0.4, -0.2) is 17.6 Å². The predicted octanol–water partition coefficient (Wildman–Crippen LogP) is 2.40. The van der Waals surface area contributed by atoms with Gasteiger partial charge in [-0.2, -0.15) is 0 Å². The predicted molar refractivity (Wildman–Crippen MR) is 61.1 cm³/mol. The summed E-state index contributed by atoms with van der Waals surface area (Å²) in [4.78, 5) is 4.22. The highest BCUT2D eigenvalue weighted by atomic mass is 14.9. The van der Waals surface area contributed by atoms with Crippen molar-refractivity contribution in [1.29, 1.82) is 0 Å². The van der Waals surface area contributed by atoms with Crippen LogP contribution in [0.2, 0.25) is 0 Å². The molecule has 1 N–H and O–H groups in total. The summed E-state index contributed by atoms with van der Waals surface area (Å²) in [5.41, 5.74) is 2.21. The molecule has 2 heteroatoms. The Kier molecular flexibility index (Phi) is 4.33. The maximum Gasteiger partial charge on any atom is 0.0373 e. The lowest BCUT2D eigenvalue weighted by Gasteiger charge is -2.03. The first-order valence-electron chi connectivity index (χ1n) is 5.01. The van der Waals surface area contributed by atoms with Crippen molar-refractivity contribution in [2.75, 3.05) is 6.54 Å². The first kappa shape index (κ1) is 10.9. The van der Waals surface area contributed by atoms with Gasteiger partial charge in [0, 0.05) is 24.5 Å². The topological polar surface area (TPSA) is 24.9 Å². The second-order valence-electron chi connectivity index (χ2n) is 3.70. The van der Waals surface area contributed by atoms with E-state index in [0.29, 0.717) is 6.04 Å². The highest BCUT2D eigenvalue weighted by Crippen LogP contribution is 2.00. The van der Waals surface area contributed by atoms with E-state index in [1.165, 1.54) is 0 Å². The van der Waals surface area contributed by atoms with Crippen molar-refractivity contribution < 1.29 is 0 Å². The lowest BCUT2D eigenvalue weighted by Crippen LogP contribution is -2.22. The molecular weight excluding hydrogens is 172 g/mol. The first-order chi connectivity index (χ1) is 6.68. The summed E-state index contributed by atoms with van der Waals surface area (Å²) in [5.74, 6) is 0. The zero-order valence-corrected chi connectivity index (χ0v) is 9.12. The molecule has 0 amide bonds. The third kappa shape index (κ3) is 4.19. The number of aryl methyl sites for hydroxylation is 1. The van der Waals surface area contributed by atoms with Crippen molar-refractivity contribution >= 4 is 6.08 Å². The number of hydrogen-bond acceptors (Lipinski definition) is 2. The lowest BCUT2D eigenvalue weighted by atomic mass is 10.2. The van der Waals surface area contributed by atoms with Crippen LogP contribution in [0, 0.1) is 6.92 Å². The van der Waals surface area contributed by atoms with Gasteiger partial charge in [-0.15, -0.1) is 0 Å². The molecule has 14 heavy (non-hydrogen) atoms. The second kappa shape index (κ2) is 5.55. The molecule has 0 bridgehead atoms. The average molecular weight is 190 g/mol. The molecule has 76 valence electrons. The molecule has 0 aliphatic carbocycles. The molecule has 2 nitrogen and oxygen atoms in total. The van der Waals surface area contributed by atoms with Crippen LogP contribution in [0.4, 0.5) is 0 Å². The van der Waals surface area contributed by atoms with Crippen molar-refractivity contribution in [2.24, 2.45) is 0 Å². The minimum atomic E-state index is 0.538. The first-order valence-corrected chi connectivity index (χ1v) is 5.01. The van der Waals surface area contributed by atoms with Gasteiger partial charge in [-0.1, -0.05) is 32.1 Å². The summed E-state index contributed by atoms with van der Waals surface area (Å²) < 4.78 is 0. The average Bonchev–Trinajstić information content (AvgIpc) is 2.15. The molecule has 0 aliphatic heterocycles. The Bertz CT molecular complexity index is 286. The zero-order chi connectivity index (χ0) is 10.4. The molecule has 0 saturated heterocycles. The van der Waals surface area contributed by atoms with Crippen LogP contribution in [0.3, 0.4) is 0 Å². The van der Waals surface area contributed by atoms with E-state index in [-0.39, 0.29) is 0 Å². The van der Waals surface area contributed by atoms with E-state index in [2.05, 4.69) is 42.4 Å². The molecule has 1 rings (SSSR count). The summed E-state index contributed by atoms with van der Waals surface area (Å²) >= 11 is 0. The van der Waals surface area contributed by atoms with Crippen LogP contribution in [0.15, 0.2) is 24.4 Å². The van der Waals surface area contributed by atoms with Crippen molar-refractivity contribution in [3.63, 3.8) is 0 Å². The Balaban J connectivity index is 2.40. The zero-order valence-electron chi connectivity index (χ0n) is 9.12. The van der Waals surface area contributed by atoms with E-state index in [9.17, 15) is 0 Å². The molecule has 0 spiro atoms. The Labute approximate surface area is 86.1 Å². The van der Waals surface area contributed by atoms with Gasteiger partial charge in [0.25, 0.3) is 0 Å². The molecule has 0 saturated carbocycles. The van der Waals surface area contributed by atoms with Crippen molar-refractivity contribution in [2.45, 2.75) is 26.8 Å². The molecule has 0 radical (unpaired) electrons. The number of hydrogen-bond donors (Lipinski definition) is 1. The summed E-state index contributed by atoms with van der Waals surface area (Å²) in [5, 5.41) is 3.32. The quantitative estimate of drug-likeness (QED) is 0.788. The minimum Gasteiger partial charge on any atom is -0.311 e. The van der Waals surface area contributed by atoms with E-state index < -0.39 is 0 Å². The summed E-state index contributed by atoms with van der Waals surface area (Å²) in [6, 6.07) is 4.64. The molecule has 1 heterocycles. The van der Waals surface area contributed by atoms with Crippen molar-refractivity contribution in [3.8, 4) is 0 Å². The number of aromatic nitrogens is 1. The fourth-order valence-electron chi connectivity index (χ4n) is 1.08. The van der Waals surface area contributed by atoms with Gasteiger partial charge < -0.3 is 5.32 Å². The summed E-state index contributed by atoms with van der Waals surface area (Å²) in [6.45, 7) is 7.18. The standard InChI is InChI=1S/C12H18N2/c1-10(2)13-8-4-5-12-7-6-11(3)14-9-12/h4-7,9-10,13H,8H2,1-3H3/b5-4+. The van der Waals surface area contributed by atoms with E-state index in [1.54, 1.807) is 0 Å². The Morgan fingerprint density at radius 3 is 2.79 bits per heavy atom. The molecule has 1 aromatic heterocycles. The van der Waals surface area contributed by atoms with Crippen LogP contribution in [-0.2, 0) is 0 Å². The van der Waals surface area contributed by atoms with E-state index in [1.807, 2.05) is 19.2 Å². The van der Waals surface area contributed by atoms with Crippen LogP contribution in [0.25, 0.3) is 6.08 Å². The minimum absolute atomic E-state index is 0.538.